The number of hydrogen-bond acceptors (Lipinski definition) is 5. The molecule has 0 saturated carbocycles. The second-order valence-electron chi connectivity index (χ2n) is 5.37. The summed E-state index contributed by atoms with van der Waals surface area (Å²) in [4.78, 5) is 15.7. The van der Waals surface area contributed by atoms with Gasteiger partial charge in [0.15, 0.2) is 0 Å². The summed E-state index contributed by atoms with van der Waals surface area (Å²) in [6.07, 6.45) is 0. The minimum Gasteiger partial charge on any atom is -0.398 e. The minimum absolute atomic E-state index is 0.0473. The summed E-state index contributed by atoms with van der Waals surface area (Å²) in [5.41, 5.74) is 8.34. The van der Waals surface area contributed by atoms with E-state index in [-0.39, 0.29) is 5.91 Å². The van der Waals surface area contributed by atoms with E-state index in [1.807, 2.05) is 12.1 Å². The second kappa shape index (κ2) is 9.40. The van der Waals surface area contributed by atoms with E-state index >= 15 is 0 Å². The summed E-state index contributed by atoms with van der Waals surface area (Å²) in [7, 11) is 6.82. The first-order valence-electron chi connectivity index (χ1n) is 7.29. The van der Waals surface area contributed by atoms with Crippen LogP contribution in [0.25, 0.3) is 0 Å². The lowest BCUT2D eigenvalue weighted by Gasteiger charge is -2.22. The number of nitrogen functional groups attached to an aromatic ring is 1. The maximum absolute atomic E-state index is 11.9. The highest BCUT2D eigenvalue weighted by Crippen LogP contribution is 2.17. The van der Waals surface area contributed by atoms with Crippen LogP contribution in [0.4, 0.5) is 5.69 Å². The van der Waals surface area contributed by atoms with Crippen LogP contribution in [0.2, 0.25) is 0 Å². The Kier molecular flexibility index (Phi) is 7.87. The molecule has 0 aliphatic carbocycles. The fraction of sp³-hybridized carbons (Fsp3) is 0.562. The number of nitrogens with zero attached hydrogens (tertiary/aromatic N) is 2. The lowest BCUT2D eigenvalue weighted by molar-refractivity contribution is 0.0827. The van der Waals surface area contributed by atoms with E-state index in [0.29, 0.717) is 31.0 Å². The molecule has 0 bridgehead atoms. The van der Waals surface area contributed by atoms with Crippen LogP contribution in [0.5, 0.6) is 0 Å². The fourth-order valence-corrected chi connectivity index (χ4v) is 2.08. The topological polar surface area (TPSA) is 68.0 Å². The standard InChI is InChI=1S/C16H27N3O3/c1-18(2)16(20)13-5-6-14(15(17)11-13)12-19(7-9-21-3)8-10-22-4/h5-6,11H,7-10,12,17H2,1-4H3. The average molecular weight is 309 g/mol. The largest absolute Gasteiger partial charge is 0.398 e. The van der Waals surface area contributed by atoms with Gasteiger partial charge < -0.3 is 20.1 Å². The van der Waals surface area contributed by atoms with Gasteiger partial charge in [0.25, 0.3) is 5.91 Å². The van der Waals surface area contributed by atoms with Gasteiger partial charge in [0.2, 0.25) is 0 Å². The molecule has 1 aromatic carbocycles. The van der Waals surface area contributed by atoms with E-state index in [2.05, 4.69) is 4.90 Å². The van der Waals surface area contributed by atoms with Crippen LogP contribution in [0.15, 0.2) is 18.2 Å². The summed E-state index contributed by atoms with van der Waals surface area (Å²) >= 11 is 0. The molecule has 0 radical (unpaired) electrons. The van der Waals surface area contributed by atoms with Crippen molar-refractivity contribution in [3.05, 3.63) is 29.3 Å². The first-order valence-corrected chi connectivity index (χ1v) is 7.29. The molecule has 0 fully saturated rings. The number of methoxy groups -OCH3 is 2. The van der Waals surface area contributed by atoms with Crippen molar-refractivity contribution in [2.45, 2.75) is 6.54 Å². The second-order valence-corrected chi connectivity index (χ2v) is 5.37. The molecule has 6 nitrogen and oxygen atoms in total. The molecule has 22 heavy (non-hydrogen) atoms. The molecule has 2 N–H and O–H groups in total. The SMILES string of the molecule is COCCN(CCOC)Cc1ccc(C(=O)N(C)C)cc1N. The van der Waals surface area contributed by atoms with Crippen LogP contribution in [0.3, 0.4) is 0 Å². The Morgan fingerprint density at radius 3 is 2.18 bits per heavy atom. The van der Waals surface area contributed by atoms with Crippen molar-refractivity contribution in [1.82, 2.24) is 9.80 Å². The number of anilines is 1. The predicted molar refractivity (Wildman–Crippen MR) is 87.9 cm³/mol. The third-order valence-electron chi connectivity index (χ3n) is 3.42. The van der Waals surface area contributed by atoms with Gasteiger partial charge in [0.05, 0.1) is 13.2 Å². The first-order chi connectivity index (χ1) is 10.5. The Bertz CT molecular complexity index is 470. The van der Waals surface area contributed by atoms with E-state index in [4.69, 9.17) is 15.2 Å². The van der Waals surface area contributed by atoms with Gasteiger partial charge in [-0.3, -0.25) is 9.69 Å². The molecular formula is C16H27N3O3. The Morgan fingerprint density at radius 2 is 1.73 bits per heavy atom. The molecule has 0 unspecified atom stereocenters. The number of benzene rings is 1. The van der Waals surface area contributed by atoms with Crippen LogP contribution in [0.1, 0.15) is 15.9 Å². The van der Waals surface area contributed by atoms with E-state index < -0.39 is 0 Å². The zero-order valence-corrected chi connectivity index (χ0v) is 14.0. The van der Waals surface area contributed by atoms with Gasteiger partial charge in [-0.25, -0.2) is 0 Å². The summed E-state index contributed by atoms with van der Waals surface area (Å²) < 4.78 is 10.3. The number of carbonyl (C=O) groups is 1. The highest BCUT2D eigenvalue weighted by Gasteiger charge is 2.12. The quantitative estimate of drug-likeness (QED) is 0.691. The summed E-state index contributed by atoms with van der Waals surface area (Å²) in [5.74, 6) is -0.0473. The van der Waals surface area contributed by atoms with Gasteiger partial charge in [-0.15, -0.1) is 0 Å². The molecular weight excluding hydrogens is 282 g/mol. The van der Waals surface area contributed by atoms with Crippen molar-refractivity contribution < 1.29 is 14.3 Å². The Balaban J connectivity index is 2.79. The zero-order valence-electron chi connectivity index (χ0n) is 14.0. The minimum atomic E-state index is -0.0473. The Labute approximate surface area is 132 Å². The van der Waals surface area contributed by atoms with Crippen molar-refractivity contribution >= 4 is 11.6 Å². The van der Waals surface area contributed by atoms with E-state index in [0.717, 1.165) is 18.7 Å². The molecule has 124 valence electrons. The van der Waals surface area contributed by atoms with Gasteiger partial charge in [-0.1, -0.05) is 6.07 Å². The predicted octanol–water partition coefficient (Wildman–Crippen LogP) is 1.07. The van der Waals surface area contributed by atoms with Crippen LogP contribution in [-0.4, -0.2) is 70.3 Å². The number of amides is 1. The van der Waals surface area contributed by atoms with Gasteiger partial charge in [0, 0.05) is 59.2 Å². The third kappa shape index (κ3) is 5.63. The molecule has 0 aliphatic heterocycles. The zero-order chi connectivity index (χ0) is 16.5. The van der Waals surface area contributed by atoms with Crippen LogP contribution < -0.4 is 5.73 Å². The van der Waals surface area contributed by atoms with Crippen LogP contribution in [-0.2, 0) is 16.0 Å². The Morgan fingerprint density at radius 1 is 1.14 bits per heavy atom. The maximum Gasteiger partial charge on any atom is 0.253 e. The van der Waals surface area contributed by atoms with E-state index in [1.54, 1.807) is 34.4 Å². The van der Waals surface area contributed by atoms with Crippen LogP contribution in [0, 0.1) is 0 Å². The van der Waals surface area contributed by atoms with Crippen molar-refractivity contribution in [3.8, 4) is 0 Å². The summed E-state index contributed by atoms with van der Waals surface area (Å²) in [6.45, 7) is 3.62. The first kappa shape index (κ1) is 18.4. The Hall–Kier alpha value is -1.63. The molecule has 0 aromatic heterocycles. The van der Waals surface area contributed by atoms with Gasteiger partial charge in [-0.2, -0.15) is 0 Å². The van der Waals surface area contributed by atoms with Crippen molar-refractivity contribution in [1.29, 1.82) is 0 Å². The molecule has 0 heterocycles. The summed E-state index contributed by atoms with van der Waals surface area (Å²) in [5, 5.41) is 0. The molecule has 1 rings (SSSR count). The molecule has 0 saturated heterocycles. The summed E-state index contributed by atoms with van der Waals surface area (Å²) in [6, 6.07) is 5.47. The van der Waals surface area contributed by atoms with E-state index in [1.165, 1.54) is 4.90 Å². The normalized spacial score (nSPS) is 11.0. The van der Waals surface area contributed by atoms with Gasteiger partial charge >= 0.3 is 0 Å². The number of rotatable bonds is 9. The van der Waals surface area contributed by atoms with E-state index in [9.17, 15) is 4.79 Å². The number of nitrogens with two attached hydrogens (primary N) is 1. The monoisotopic (exact) mass is 309 g/mol. The molecule has 6 heteroatoms. The number of carbonyl (C=O) groups excluding carboxylic acids is 1. The van der Waals surface area contributed by atoms with Crippen molar-refractivity contribution in [2.75, 3.05) is 60.4 Å². The molecule has 1 amide bonds. The molecule has 0 aliphatic rings. The average Bonchev–Trinajstić information content (AvgIpc) is 2.50. The lowest BCUT2D eigenvalue weighted by Crippen LogP contribution is -2.30. The van der Waals surface area contributed by atoms with Crippen molar-refractivity contribution in [3.63, 3.8) is 0 Å². The third-order valence-corrected chi connectivity index (χ3v) is 3.42. The van der Waals surface area contributed by atoms with Crippen LogP contribution >= 0.6 is 0 Å². The lowest BCUT2D eigenvalue weighted by atomic mass is 10.1. The highest BCUT2D eigenvalue weighted by atomic mass is 16.5. The molecule has 0 spiro atoms. The van der Waals surface area contributed by atoms with Crippen molar-refractivity contribution in [2.24, 2.45) is 0 Å². The van der Waals surface area contributed by atoms with Gasteiger partial charge in [-0.05, 0) is 17.7 Å². The highest BCUT2D eigenvalue weighted by molar-refractivity contribution is 5.94. The fourth-order valence-electron chi connectivity index (χ4n) is 2.08. The number of ether oxygens (including phenoxy) is 2. The molecule has 1 aromatic rings. The van der Waals surface area contributed by atoms with Gasteiger partial charge in [0.1, 0.15) is 0 Å². The maximum atomic E-state index is 11.9. The molecule has 0 atom stereocenters. The smallest absolute Gasteiger partial charge is 0.253 e. The number of hydrogen-bond donors (Lipinski definition) is 1.